The molecule has 0 aliphatic carbocycles. The monoisotopic (exact) mass is 324 g/mol. The molecule has 2 aromatic rings. The molecule has 6 heteroatoms. The number of hydrogen-bond donors (Lipinski definition) is 1. The van der Waals surface area contributed by atoms with E-state index in [9.17, 15) is 4.79 Å². The second kappa shape index (κ2) is 7.82. The standard InChI is InChI=1S/C18H16N2O4/c21-18(17-13-22-9-10-23-17)20-19-12-14-5-4-8-16(11-14)24-15-6-2-1-3-7-15/h1-8,11-13H,9-10H2,(H,20,21). The Kier molecular flexibility index (Phi) is 5.09. The van der Waals surface area contributed by atoms with E-state index >= 15 is 0 Å². The quantitative estimate of drug-likeness (QED) is 0.678. The molecule has 1 N–H and O–H groups in total. The van der Waals surface area contributed by atoms with Crippen molar-refractivity contribution >= 4 is 12.1 Å². The molecule has 6 nitrogen and oxygen atoms in total. The minimum absolute atomic E-state index is 0.111. The Hall–Kier alpha value is -3.28. The minimum Gasteiger partial charge on any atom is -0.494 e. The van der Waals surface area contributed by atoms with Gasteiger partial charge in [-0.3, -0.25) is 4.79 Å². The molecule has 0 unspecified atom stereocenters. The van der Waals surface area contributed by atoms with Crippen molar-refractivity contribution in [2.45, 2.75) is 0 Å². The second-order valence-corrected chi connectivity index (χ2v) is 4.89. The van der Waals surface area contributed by atoms with Crippen LogP contribution < -0.4 is 10.2 Å². The van der Waals surface area contributed by atoms with Gasteiger partial charge in [-0.05, 0) is 29.8 Å². The van der Waals surface area contributed by atoms with E-state index in [-0.39, 0.29) is 5.76 Å². The molecule has 1 heterocycles. The summed E-state index contributed by atoms with van der Waals surface area (Å²) < 4.78 is 15.9. The molecule has 122 valence electrons. The zero-order valence-corrected chi connectivity index (χ0v) is 12.8. The van der Waals surface area contributed by atoms with Crippen molar-refractivity contribution in [2.24, 2.45) is 5.10 Å². The molecule has 1 amide bonds. The van der Waals surface area contributed by atoms with Gasteiger partial charge in [0.05, 0.1) is 6.21 Å². The molecule has 24 heavy (non-hydrogen) atoms. The number of carbonyl (C=O) groups is 1. The largest absolute Gasteiger partial charge is 0.494 e. The summed E-state index contributed by atoms with van der Waals surface area (Å²) >= 11 is 0. The van der Waals surface area contributed by atoms with Gasteiger partial charge in [0, 0.05) is 0 Å². The van der Waals surface area contributed by atoms with Gasteiger partial charge in [0.1, 0.15) is 31.0 Å². The van der Waals surface area contributed by atoms with Crippen LogP contribution in [-0.4, -0.2) is 25.3 Å². The first kappa shape index (κ1) is 15.6. The van der Waals surface area contributed by atoms with E-state index in [1.165, 1.54) is 12.5 Å². The van der Waals surface area contributed by atoms with Gasteiger partial charge < -0.3 is 14.2 Å². The van der Waals surface area contributed by atoms with Crippen LogP contribution in [0, 0.1) is 0 Å². The predicted octanol–water partition coefficient (Wildman–Crippen LogP) is 2.82. The second-order valence-electron chi connectivity index (χ2n) is 4.89. The Morgan fingerprint density at radius 2 is 1.92 bits per heavy atom. The third-order valence-corrected chi connectivity index (χ3v) is 3.09. The Balaban J connectivity index is 1.60. The summed E-state index contributed by atoms with van der Waals surface area (Å²) in [5.41, 5.74) is 3.18. The van der Waals surface area contributed by atoms with Crippen molar-refractivity contribution in [3.63, 3.8) is 0 Å². The highest BCUT2D eigenvalue weighted by Crippen LogP contribution is 2.21. The average molecular weight is 324 g/mol. The fourth-order valence-electron chi connectivity index (χ4n) is 1.99. The van der Waals surface area contributed by atoms with E-state index in [4.69, 9.17) is 14.2 Å². The van der Waals surface area contributed by atoms with E-state index in [1.807, 2.05) is 54.6 Å². The number of para-hydroxylation sites is 1. The molecule has 0 bridgehead atoms. The Morgan fingerprint density at radius 1 is 1.08 bits per heavy atom. The molecule has 0 atom stereocenters. The van der Waals surface area contributed by atoms with Gasteiger partial charge in [-0.1, -0.05) is 30.3 Å². The fourth-order valence-corrected chi connectivity index (χ4v) is 1.99. The first-order valence-electron chi connectivity index (χ1n) is 7.42. The normalized spacial score (nSPS) is 13.6. The van der Waals surface area contributed by atoms with Gasteiger partial charge >= 0.3 is 5.91 Å². The highest BCUT2D eigenvalue weighted by atomic mass is 16.6. The Morgan fingerprint density at radius 3 is 2.71 bits per heavy atom. The lowest BCUT2D eigenvalue weighted by atomic mass is 10.2. The highest BCUT2D eigenvalue weighted by Gasteiger charge is 2.13. The molecular formula is C18H16N2O4. The van der Waals surface area contributed by atoms with Crippen LogP contribution in [0.2, 0.25) is 0 Å². The van der Waals surface area contributed by atoms with Gasteiger partial charge in [-0.15, -0.1) is 0 Å². The number of hydrazone groups is 1. The smallest absolute Gasteiger partial charge is 0.309 e. The molecule has 3 rings (SSSR count). The van der Waals surface area contributed by atoms with Crippen LogP contribution in [0.5, 0.6) is 11.5 Å². The summed E-state index contributed by atoms with van der Waals surface area (Å²) in [5.74, 6) is 1.09. The lowest BCUT2D eigenvalue weighted by Gasteiger charge is -2.13. The van der Waals surface area contributed by atoms with Gasteiger partial charge in [0.15, 0.2) is 0 Å². The van der Waals surface area contributed by atoms with Gasteiger partial charge in [-0.25, -0.2) is 5.43 Å². The maximum absolute atomic E-state index is 11.8. The first-order valence-corrected chi connectivity index (χ1v) is 7.42. The van der Waals surface area contributed by atoms with E-state index in [2.05, 4.69) is 10.5 Å². The van der Waals surface area contributed by atoms with Crippen molar-refractivity contribution in [1.82, 2.24) is 5.43 Å². The summed E-state index contributed by atoms with van der Waals surface area (Å²) in [6, 6.07) is 16.9. The third-order valence-electron chi connectivity index (χ3n) is 3.09. The van der Waals surface area contributed by atoms with Crippen LogP contribution in [0.1, 0.15) is 5.56 Å². The molecule has 2 aromatic carbocycles. The number of carbonyl (C=O) groups excluding carboxylic acids is 1. The SMILES string of the molecule is O=C(NN=Cc1cccc(Oc2ccccc2)c1)C1=COCCO1. The highest BCUT2D eigenvalue weighted by molar-refractivity contribution is 5.92. The molecule has 0 saturated carbocycles. The van der Waals surface area contributed by atoms with Gasteiger partial charge in [-0.2, -0.15) is 5.10 Å². The molecule has 1 aliphatic rings. The van der Waals surface area contributed by atoms with Crippen molar-refractivity contribution in [3.8, 4) is 11.5 Å². The van der Waals surface area contributed by atoms with E-state index in [1.54, 1.807) is 0 Å². The average Bonchev–Trinajstić information content (AvgIpc) is 2.63. The molecule has 0 fully saturated rings. The van der Waals surface area contributed by atoms with Gasteiger partial charge in [0.25, 0.3) is 0 Å². The van der Waals surface area contributed by atoms with Crippen molar-refractivity contribution in [1.29, 1.82) is 0 Å². The van der Waals surface area contributed by atoms with Crippen LogP contribution in [0.25, 0.3) is 0 Å². The van der Waals surface area contributed by atoms with Crippen molar-refractivity contribution < 1.29 is 19.0 Å². The lowest BCUT2D eigenvalue weighted by molar-refractivity contribution is -0.122. The zero-order valence-electron chi connectivity index (χ0n) is 12.8. The van der Waals surface area contributed by atoms with Crippen molar-refractivity contribution in [3.05, 3.63) is 72.2 Å². The summed E-state index contributed by atoms with van der Waals surface area (Å²) in [5, 5.41) is 3.91. The van der Waals surface area contributed by atoms with Crippen LogP contribution in [0.4, 0.5) is 0 Å². The number of ether oxygens (including phenoxy) is 3. The number of hydrogen-bond acceptors (Lipinski definition) is 5. The minimum atomic E-state index is -0.456. The maximum atomic E-state index is 11.8. The van der Waals surface area contributed by atoms with Crippen LogP contribution in [-0.2, 0) is 14.3 Å². The summed E-state index contributed by atoms with van der Waals surface area (Å²) in [7, 11) is 0. The maximum Gasteiger partial charge on any atom is 0.309 e. The number of nitrogens with zero attached hydrogens (tertiary/aromatic N) is 1. The fraction of sp³-hybridized carbons (Fsp3) is 0.111. The van der Waals surface area contributed by atoms with Crippen LogP contribution >= 0.6 is 0 Å². The number of rotatable bonds is 5. The van der Waals surface area contributed by atoms with Crippen LogP contribution in [0.15, 0.2) is 71.7 Å². The van der Waals surface area contributed by atoms with E-state index < -0.39 is 5.91 Å². The molecule has 0 saturated heterocycles. The zero-order chi connectivity index (χ0) is 16.6. The summed E-state index contributed by atoms with van der Waals surface area (Å²) in [6.07, 6.45) is 2.81. The number of amides is 1. The van der Waals surface area contributed by atoms with E-state index in [0.29, 0.717) is 19.0 Å². The van der Waals surface area contributed by atoms with Gasteiger partial charge in [0.2, 0.25) is 5.76 Å². The molecule has 1 aliphatic heterocycles. The lowest BCUT2D eigenvalue weighted by Crippen LogP contribution is -2.24. The first-order chi connectivity index (χ1) is 11.8. The third kappa shape index (κ3) is 4.36. The molecular weight excluding hydrogens is 308 g/mol. The molecule has 0 radical (unpaired) electrons. The Labute approximate surface area is 139 Å². The van der Waals surface area contributed by atoms with Crippen LogP contribution in [0.3, 0.4) is 0 Å². The number of nitrogens with one attached hydrogen (secondary N) is 1. The molecule has 0 spiro atoms. The topological polar surface area (TPSA) is 69.2 Å². The van der Waals surface area contributed by atoms with E-state index in [0.717, 1.165) is 11.3 Å². The summed E-state index contributed by atoms with van der Waals surface area (Å²) in [6.45, 7) is 0.788. The predicted molar refractivity (Wildman–Crippen MR) is 88.7 cm³/mol. The number of benzene rings is 2. The Bertz CT molecular complexity index is 757. The summed E-state index contributed by atoms with van der Waals surface area (Å²) in [4.78, 5) is 11.8. The van der Waals surface area contributed by atoms with Crippen molar-refractivity contribution in [2.75, 3.05) is 13.2 Å². The molecule has 0 aromatic heterocycles.